The molecular weight excluding hydrogens is 295 g/mol. The largest absolute Gasteiger partial charge is 0.306 e. The molecular formula is C13H13FN4O2S. The minimum Gasteiger partial charge on any atom is -0.306 e. The number of benzene rings is 1. The van der Waals surface area contributed by atoms with Crippen molar-refractivity contribution in [2.24, 2.45) is 0 Å². The van der Waals surface area contributed by atoms with E-state index in [0.29, 0.717) is 10.1 Å². The van der Waals surface area contributed by atoms with Crippen LogP contribution in [0.15, 0.2) is 28.3 Å². The maximum absolute atomic E-state index is 13.2. The van der Waals surface area contributed by atoms with Crippen LogP contribution in [0.3, 0.4) is 0 Å². The van der Waals surface area contributed by atoms with Gasteiger partial charge in [-0.1, -0.05) is 6.42 Å². The second kappa shape index (κ2) is 5.80. The Bertz CT molecular complexity index is 689. The molecule has 0 N–H and O–H groups in total. The molecule has 110 valence electrons. The Morgan fingerprint density at radius 1 is 1.29 bits per heavy atom. The molecule has 3 rings (SSSR count). The fourth-order valence-electron chi connectivity index (χ4n) is 2.35. The van der Waals surface area contributed by atoms with Crippen molar-refractivity contribution < 1.29 is 9.31 Å². The Morgan fingerprint density at radius 3 is 2.95 bits per heavy atom. The Kier molecular flexibility index (Phi) is 3.87. The molecule has 2 heterocycles. The molecule has 0 bridgehead atoms. The van der Waals surface area contributed by atoms with Gasteiger partial charge in [0.05, 0.1) is 15.9 Å². The fourth-order valence-corrected chi connectivity index (χ4v) is 3.31. The summed E-state index contributed by atoms with van der Waals surface area (Å²) < 4.78 is 15.2. The molecule has 1 aromatic heterocycles. The highest BCUT2D eigenvalue weighted by atomic mass is 32.2. The van der Waals surface area contributed by atoms with Crippen LogP contribution in [0.1, 0.15) is 25.1 Å². The lowest BCUT2D eigenvalue weighted by Crippen LogP contribution is -2.02. The zero-order valence-electron chi connectivity index (χ0n) is 11.2. The Hall–Kier alpha value is -1.96. The summed E-state index contributed by atoms with van der Waals surface area (Å²) in [6.45, 7) is 0.819. The average Bonchev–Trinajstić information content (AvgIpc) is 2.69. The number of aryl methyl sites for hydroxylation is 1. The van der Waals surface area contributed by atoms with Gasteiger partial charge in [0.1, 0.15) is 11.6 Å². The number of fused-ring (bicyclic) bond motifs is 1. The predicted octanol–water partition coefficient (Wildman–Crippen LogP) is 3.20. The lowest BCUT2D eigenvalue weighted by Gasteiger charge is -2.06. The molecule has 0 saturated heterocycles. The van der Waals surface area contributed by atoms with E-state index in [-0.39, 0.29) is 5.69 Å². The van der Waals surface area contributed by atoms with E-state index < -0.39 is 10.7 Å². The first-order chi connectivity index (χ1) is 10.1. The molecule has 0 atom stereocenters. The van der Waals surface area contributed by atoms with E-state index in [2.05, 4.69) is 10.2 Å². The molecule has 0 aliphatic carbocycles. The van der Waals surface area contributed by atoms with Gasteiger partial charge in [-0.05, 0) is 36.7 Å². The first-order valence-electron chi connectivity index (χ1n) is 6.69. The Balaban J connectivity index is 1.94. The van der Waals surface area contributed by atoms with Crippen LogP contribution in [0, 0.1) is 15.9 Å². The van der Waals surface area contributed by atoms with Crippen molar-refractivity contribution >= 4 is 17.4 Å². The third-order valence-electron chi connectivity index (χ3n) is 3.39. The number of hydrogen-bond acceptors (Lipinski definition) is 5. The quantitative estimate of drug-likeness (QED) is 0.643. The van der Waals surface area contributed by atoms with Gasteiger partial charge in [0.15, 0.2) is 5.16 Å². The van der Waals surface area contributed by atoms with Crippen molar-refractivity contribution in [3.05, 3.63) is 40.0 Å². The van der Waals surface area contributed by atoms with Crippen LogP contribution in [-0.2, 0) is 13.0 Å². The highest BCUT2D eigenvalue weighted by Crippen LogP contribution is 2.35. The van der Waals surface area contributed by atoms with E-state index >= 15 is 0 Å². The summed E-state index contributed by atoms with van der Waals surface area (Å²) in [7, 11) is 0. The van der Waals surface area contributed by atoms with Crippen LogP contribution in [-0.4, -0.2) is 19.7 Å². The number of aromatic nitrogens is 3. The molecule has 21 heavy (non-hydrogen) atoms. The molecule has 0 amide bonds. The fraction of sp³-hybridized carbons (Fsp3) is 0.385. The number of halogens is 1. The van der Waals surface area contributed by atoms with Crippen LogP contribution in [0.2, 0.25) is 0 Å². The minimum absolute atomic E-state index is 0.244. The zero-order valence-corrected chi connectivity index (χ0v) is 12.0. The number of hydrogen-bond donors (Lipinski definition) is 0. The summed E-state index contributed by atoms with van der Waals surface area (Å²) in [4.78, 5) is 10.8. The second-order valence-electron chi connectivity index (χ2n) is 4.83. The predicted molar refractivity (Wildman–Crippen MR) is 74.8 cm³/mol. The normalized spacial score (nSPS) is 14.5. The van der Waals surface area contributed by atoms with Gasteiger partial charge in [0.2, 0.25) is 0 Å². The number of nitrogens with zero attached hydrogens (tertiary/aromatic N) is 4. The first-order valence-corrected chi connectivity index (χ1v) is 7.50. The van der Waals surface area contributed by atoms with Crippen LogP contribution in [0.25, 0.3) is 0 Å². The van der Waals surface area contributed by atoms with Gasteiger partial charge in [-0.25, -0.2) is 4.39 Å². The van der Waals surface area contributed by atoms with Gasteiger partial charge in [-0.15, -0.1) is 10.2 Å². The number of rotatable bonds is 3. The lowest BCUT2D eigenvalue weighted by atomic mass is 10.2. The van der Waals surface area contributed by atoms with Crippen molar-refractivity contribution in [1.82, 2.24) is 14.8 Å². The van der Waals surface area contributed by atoms with Crippen molar-refractivity contribution in [3.8, 4) is 0 Å². The van der Waals surface area contributed by atoms with E-state index in [0.717, 1.165) is 55.9 Å². The lowest BCUT2D eigenvalue weighted by molar-refractivity contribution is -0.387. The molecule has 0 unspecified atom stereocenters. The Labute approximate surface area is 124 Å². The summed E-state index contributed by atoms with van der Waals surface area (Å²) in [5.74, 6) is 0.297. The van der Waals surface area contributed by atoms with E-state index in [1.807, 2.05) is 4.57 Å². The SMILES string of the molecule is O=[N+]([O-])c1cc(F)ccc1Sc1nnc2n1CCCCC2. The van der Waals surface area contributed by atoms with Gasteiger partial charge < -0.3 is 4.57 Å². The van der Waals surface area contributed by atoms with Crippen LogP contribution in [0.4, 0.5) is 10.1 Å². The van der Waals surface area contributed by atoms with E-state index in [1.54, 1.807) is 0 Å². The van der Waals surface area contributed by atoms with Crippen LogP contribution >= 0.6 is 11.8 Å². The minimum atomic E-state index is -0.619. The number of nitro benzene ring substituents is 1. The standard InChI is InChI=1S/C13H13FN4O2S/c14-9-5-6-11(10(8-9)18(19)20)21-13-16-15-12-4-2-1-3-7-17(12)13/h5-6,8H,1-4,7H2. The average molecular weight is 308 g/mol. The van der Waals surface area contributed by atoms with Crippen molar-refractivity contribution in [3.63, 3.8) is 0 Å². The molecule has 1 aliphatic rings. The maximum Gasteiger partial charge on any atom is 0.286 e. The van der Waals surface area contributed by atoms with Gasteiger partial charge in [-0.3, -0.25) is 10.1 Å². The molecule has 1 aliphatic heterocycles. The topological polar surface area (TPSA) is 73.8 Å². The van der Waals surface area contributed by atoms with Crippen molar-refractivity contribution in [1.29, 1.82) is 0 Å². The summed E-state index contributed by atoms with van der Waals surface area (Å²) in [6, 6.07) is 3.56. The highest BCUT2D eigenvalue weighted by molar-refractivity contribution is 7.99. The van der Waals surface area contributed by atoms with Crippen molar-refractivity contribution in [2.45, 2.75) is 42.3 Å². The molecule has 0 spiro atoms. The van der Waals surface area contributed by atoms with Crippen molar-refractivity contribution in [2.75, 3.05) is 0 Å². The van der Waals surface area contributed by atoms with Crippen LogP contribution in [0.5, 0.6) is 0 Å². The number of nitro groups is 1. The molecule has 8 heteroatoms. The monoisotopic (exact) mass is 308 g/mol. The van der Waals surface area contributed by atoms with E-state index in [1.165, 1.54) is 12.1 Å². The van der Waals surface area contributed by atoms with Gasteiger partial charge in [0, 0.05) is 13.0 Å². The third-order valence-corrected chi connectivity index (χ3v) is 4.44. The summed E-state index contributed by atoms with van der Waals surface area (Å²) in [6.07, 6.45) is 4.15. The highest BCUT2D eigenvalue weighted by Gasteiger charge is 2.21. The second-order valence-corrected chi connectivity index (χ2v) is 5.84. The summed E-state index contributed by atoms with van der Waals surface area (Å²) in [5.41, 5.74) is -0.244. The molecule has 0 radical (unpaired) electrons. The Morgan fingerprint density at radius 2 is 2.14 bits per heavy atom. The summed E-state index contributed by atoms with van der Waals surface area (Å²) >= 11 is 1.16. The van der Waals surface area contributed by atoms with Gasteiger partial charge in [0.25, 0.3) is 5.69 Å². The molecule has 6 nitrogen and oxygen atoms in total. The van der Waals surface area contributed by atoms with E-state index in [4.69, 9.17) is 0 Å². The molecule has 2 aromatic rings. The molecule has 1 aromatic carbocycles. The van der Waals surface area contributed by atoms with Gasteiger partial charge >= 0.3 is 0 Å². The first kappa shape index (κ1) is 14.0. The summed E-state index contributed by atoms with van der Waals surface area (Å²) in [5, 5.41) is 19.9. The van der Waals surface area contributed by atoms with E-state index in [9.17, 15) is 14.5 Å². The molecule has 0 fully saturated rings. The zero-order chi connectivity index (χ0) is 14.8. The maximum atomic E-state index is 13.2. The smallest absolute Gasteiger partial charge is 0.286 e. The molecule has 0 saturated carbocycles. The van der Waals surface area contributed by atoms with Gasteiger partial charge in [-0.2, -0.15) is 0 Å². The van der Waals surface area contributed by atoms with Crippen LogP contribution < -0.4 is 0 Å². The third kappa shape index (κ3) is 2.90.